The van der Waals surface area contributed by atoms with Crippen molar-refractivity contribution in [2.75, 3.05) is 6.61 Å². The Morgan fingerprint density at radius 3 is 2.56 bits per heavy atom. The lowest BCUT2D eigenvalue weighted by Crippen LogP contribution is -2.36. The topological polar surface area (TPSA) is 32.3 Å². The highest BCUT2D eigenvalue weighted by Crippen LogP contribution is 2.23. The first-order valence-electron chi connectivity index (χ1n) is 6.52. The molecule has 0 amide bonds. The van der Waals surface area contributed by atoms with E-state index in [0.29, 0.717) is 11.6 Å². The zero-order valence-electron chi connectivity index (χ0n) is 10.3. The van der Waals surface area contributed by atoms with E-state index >= 15 is 0 Å². The van der Waals surface area contributed by atoms with E-state index < -0.39 is 17.7 Å². The normalized spacial score (nSPS) is 18.8. The molecule has 0 saturated heterocycles. The van der Waals surface area contributed by atoms with Crippen molar-refractivity contribution in [3.8, 4) is 0 Å². The second-order valence-corrected chi connectivity index (χ2v) is 4.90. The van der Waals surface area contributed by atoms with Crippen molar-refractivity contribution in [2.24, 2.45) is 0 Å². The zero-order chi connectivity index (χ0) is 13.0. The standard InChI is InChI=1S/C14H19F2NO/c15-10-6-7-12(13(16)8-10)14(9-18)17-11-4-2-1-3-5-11/h6-8,11,14,17-18H,1-5,9H2. The number of rotatable bonds is 4. The summed E-state index contributed by atoms with van der Waals surface area (Å²) in [5.41, 5.74) is 0.337. The van der Waals surface area contributed by atoms with E-state index in [1.165, 1.54) is 31.4 Å². The van der Waals surface area contributed by atoms with Crippen LogP contribution in [0, 0.1) is 11.6 Å². The molecule has 2 nitrogen and oxygen atoms in total. The zero-order valence-corrected chi connectivity index (χ0v) is 10.3. The summed E-state index contributed by atoms with van der Waals surface area (Å²) in [6, 6.07) is 3.36. The maximum atomic E-state index is 13.7. The molecular weight excluding hydrogens is 236 g/mol. The minimum atomic E-state index is -0.600. The van der Waals surface area contributed by atoms with Crippen LogP contribution in [0.3, 0.4) is 0 Å². The molecule has 1 saturated carbocycles. The fraction of sp³-hybridized carbons (Fsp3) is 0.571. The lowest BCUT2D eigenvalue weighted by Gasteiger charge is -2.28. The average molecular weight is 255 g/mol. The Hall–Kier alpha value is -1.00. The highest BCUT2D eigenvalue weighted by molar-refractivity contribution is 5.22. The Labute approximate surface area is 106 Å². The number of halogens is 2. The van der Waals surface area contributed by atoms with E-state index in [4.69, 9.17) is 0 Å². The number of benzene rings is 1. The van der Waals surface area contributed by atoms with Crippen LogP contribution in [0.4, 0.5) is 8.78 Å². The van der Waals surface area contributed by atoms with E-state index in [1.807, 2.05) is 0 Å². The monoisotopic (exact) mass is 255 g/mol. The van der Waals surface area contributed by atoms with Crippen molar-refractivity contribution in [3.63, 3.8) is 0 Å². The Morgan fingerprint density at radius 2 is 1.94 bits per heavy atom. The number of aliphatic hydroxyl groups excluding tert-OH is 1. The molecule has 18 heavy (non-hydrogen) atoms. The molecule has 1 aliphatic rings. The SMILES string of the molecule is OCC(NC1CCCCC1)c1ccc(F)cc1F. The van der Waals surface area contributed by atoms with Crippen LogP contribution in [-0.2, 0) is 0 Å². The first kappa shape index (κ1) is 13.4. The Morgan fingerprint density at radius 1 is 1.22 bits per heavy atom. The molecule has 1 unspecified atom stereocenters. The Balaban J connectivity index is 2.07. The van der Waals surface area contributed by atoms with Crippen molar-refractivity contribution >= 4 is 0 Å². The number of hydrogen-bond acceptors (Lipinski definition) is 2. The maximum absolute atomic E-state index is 13.7. The van der Waals surface area contributed by atoms with Crippen LogP contribution in [-0.4, -0.2) is 17.8 Å². The van der Waals surface area contributed by atoms with Crippen molar-refractivity contribution in [1.82, 2.24) is 5.32 Å². The molecule has 1 atom stereocenters. The predicted molar refractivity (Wildman–Crippen MR) is 66.2 cm³/mol. The van der Waals surface area contributed by atoms with E-state index in [1.54, 1.807) is 0 Å². The van der Waals surface area contributed by atoms with Gasteiger partial charge in [-0.2, -0.15) is 0 Å². The van der Waals surface area contributed by atoms with E-state index in [9.17, 15) is 13.9 Å². The first-order chi connectivity index (χ1) is 8.70. The second-order valence-electron chi connectivity index (χ2n) is 4.90. The third kappa shape index (κ3) is 3.27. The fourth-order valence-electron chi connectivity index (χ4n) is 2.58. The molecule has 2 N–H and O–H groups in total. The molecule has 0 bridgehead atoms. The highest BCUT2D eigenvalue weighted by Gasteiger charge is 2.21. The van der Waals surface area contributed by atoms with E-state index in [2.05, 4.69) is 5.32 Å². The van der Waals surface area contributed by atoms with Gasteiger partial charge in [-0.05, 0) is 18.9 Å². The summed E-state index contributed by atoms with van der Waals surface area (Å²) in [5.74, 6) is -1.19. The van der Waals surface area contributed by atoms with Gasteiger partial charge >= 0.3 is 0 Å². The van der Waals surface area contributed by atoms with E-state index in [0.717, 1.165) is 18.9 Å². The summed E-state index contributed by atoms with van der Waals surface area (Å²) in [7, 11) is 0. The summed E-state index contributed by atoms with van der Waals surface area (Å²) in [6.45, 7) is -0.181. The van der Waals surface area contributed by atoms with Crippen LogP contribution >= 0.6 is 0 Å². The van der Waals surface area contributed by atoms with Gasteiger partial charge in [0.2, 0.25) is 0 Å². The largest absolute Gasteiger partial charge is 0.394 e. The molecule has 0 radical (unpaired) electrons. The molecule has 1 aliphatic carbocycles. The van der Waals surface area contributed by atoms with Crippen LogP contribution < -0.4 is 5.32 Å². The van der Waals surface area contributed by atoms with Crippen molar-refractivity contribution in [2.45, 2.75) is 44.2 Å². The molecule has 0 spiro atoms. The van der Waals surface area contributed by atoms with Crippen LogP contribution in [0.15, 0.2) is 18.2 Å². The van der Waals surface area contributed by atoms with Crippen molar-refractivity contribution in [3.05, 3.63) is 35.4 Å². The summed E-state index contributed by atoms with van der Waals surface area (Å²) in [6.07, 6.45) is 5.69. The van der Waals surface area contributed by atoms with Crippen molar-refractivity contribution < 1.29 is 13.9 Å². The van der Waals surface area contributed by atoms with Gasteiger partial charge in [0.05, 0.1) is 12.6 Å². The number of nitrogens with one attached hydrogen (secondary N) is 1. The molecule has 0 heterocycles. The van der Waals surface area contributed by atoms with Gasteiger partial charge < -0.3 is 10.4 Å². The molecule has 2 rings (SSSR count). The smallest absolute Gasteiger partial charge is 0.130 e. The average Bonchev–Trinajstić information content (AvgIpc) is 2.38. The predicted octanol–water partition coefficient (Wildman–Crippen LogP) is 2.92. The molecule has 4 heteroatoms. The summed E-state index contributed by atoms with van der Waals surface area (Å²) < 4.78 is 26.5. The third-order valence-corrected chi connectivity index (χ3v) is 3.56. The quantitative estimate of drug-likeness (QED) is 0.867. The van der Waals surface area contributed by atoms with Gasteiger partial charge in [0.1, 0.15) is 11.6 Å². The summed E-state index contributed by atoms with van der Waals surface area (Å²) >= 11 is 0. The third-order valence-electron chi connectivity index (χ3n) is 3.56. The van der Waals surface area contributed by atoms with Gasteiger partial charge in [-0.15, -0.1) is 0 Å². The molecule has 100 valence electrons. The molecular formula is C14H19F2NO. The number of aliphatic hydroxyl groups is 1. The van der Waals surface area contributed by atoms with E-state index in [-0.39, 0.29) is 6.61 Å². The van der Waals surface area contributed by atoms with Crippen LogP contribution in [0.5, 0.6) is 0 Å². The van der Waals surface area contributed by atoms with Crippen LogP contribution in [0.25, 0.3) is 0 Å². The minimum absolute atomic E-state index is 0.181. The molecule has 1 aromatic carbocycles. The van der Waals surface area contributed by atoms with Gasteiger partial charge in [0.25, 0.3) is 0 Å². The Kier molecular flexibility index (Phi) is 4.66. The molecule has 1 aromatic rings. The van der Waals surface area contributed by atoms with Gasteiger partial charge in [-0.3, -0.25) is 0 Å². The summed E-state index contributed by atoms with van der Waals surface area (Å²) in [5, 5.41) is 12.7. The van der Waals surface area contributed by atoms with Gasteiger partial charge in [-0.1, -0.05) is 25.3 Å². The molecule has 0 aromatic heterocycles. The lowest BCUT2D eigenvalue weighted by molar-refractivity contribution is 0.217. The lowest BCUT2D eigenvalue weighted by atomic mass is 9.94. The van der Waals surface area contributed by atoms with Crippen molar-refractivity contribution in [1.29, 1.82) is 0 Å². The van der Waals surface area contributed by atoms with Crippen LogP contribution in [0.1, 0.15) is 43.7 Å². The minimum Gasteiger partial charge on any atom is -0.394 e. The number of hydrogen-bond donors (Lipinski definition) is 2. The van der Waals surface area contributed by atoms with Gasteiger partial charge in [0.15, 0.2) is 0 Å². The first-order valence-corrected chi connectivity index (χ1v) is 6.52. The Bertz CT molecular complexity index is 391. The fourth-order valence-corrected chi connectivity index (χ4v) is 2.58. The maximum Gasteiger partial charge on any atom is 0.130 e. The van der Waals surface area contributed by atoms with Crippen LogP contribution in [0.2, 0.25) is 0 Å². The summed E-state index contributed by atoms with van der Waals surface area (Å²) in [4.78, 5) is 0. The molecule has 0 aliphatic heterocycles. The second kappa shape index (κ2) is 6.25. The van der Waals surface area contributed by atoms with Gasteiger partial charge in [0, 0.05) is 17.7 Å². The molecule has 1 fully saturated rings. The highest BCUT2D eigenvalue weighted by atomic mass is 19.1. The van der Waals surface area contributed by atoms with Gasteiger partial charge in [-0.25, -0.2) is 8.78 Å².